The van der Waals surface area contributed by atoms with Crippen molar-refractivity contribution in [3.8, 4) is 6.07 Å². The molecule has 0 fully saturated rings. The summed E-state index contributed by atoms with van der Waals surface area (Å²) in [7, 11) is 0. The van der Waals surface area contributed by atoms with Gasteiger partial charge in [-0.05, 0) is 19.4 Å². The van der Waals surface area contributed by atoms with Crippen LogP contribution in [0.15, 0.2) is 10.9 Å². The number of nitriles is 1. The number of aryl methyl sites for hydroxylation is 1. The predicted molar refractivity (Wildman–Crippen MR) is 70.5 cm³/mol. The van der Waals surface area contributed by atoms with Crippen molar-refractivity contribution < 1.29 is 0 Å². The van der Waals surface area contributed by atoms with E-state index in [1.165, 1.54) is 0 Å². The van der Waals surface area contributed by atoms with E-state index in [2.05, 4.69) is 26.6 Å². The normalized spacial score (nSPS) is 10.1. The molecule has 5 nitrogen and oxygen atoms in total. The molecule has 0 saturated heterocycles. The molecule has 6 heteroatoms. The quantitative estimate of drug-likeness (QED) is 0.909. The van der Waals surface area contributed by atoms with Gasteiger partial charge in [0.2, 0.25) is 0 Å². The van der Waals surface area contributed by atoms with Gasteiger partial charge in [-0.1, -0.05) is 0 Å². The molecule has 2 aromatic heterocycles. The maximum atomic E-state index is 9.14. The zero-order valence-corrected chi connectivity index (χ0v) is 11.1. The number of hydrogen-bond acceptors (Lipinski definition) is 6. The first-order valence-electron chi connectivity index (χ1n) is 5.57. The summed E-state index contributed by atoms with van der Waals surface area (Å²) in [6.07, 6.45) is 0.809. The van der Waals surface area contributed by atoms with Crippen LogP contribution in [0, 0.1) is 25.2 Å². The molecule has 1 N–H and O–H groups in total. The molecule has 0 saturated carbocycles. The topological polar surface area (TPSA) is 74.5 Å². The molecule has 0 atom stereocenters. The molecule has 92 valence electrons. The third kappa shape index (κ3) is 2.63. The molecule has 0 spiro atoms. The Labute approximate surface area is 110 Å². The van der Waals surface area contributed by atoms with Crippen molar-refractivity contribution in [3.63, 3.8) is 0 Å². The molecular formula is C12H13N5S. The van der Waals surface area contributed by atoms with Crippen LogP contribution in [0.2, 0.25) is 0 Å². The minimum Gasteiger partial charge on any atom is -0.367 e. The lowest BCUT2D eigenvalue weighted by molar-refractivity contribution is 0.917. The molecule has 0 radical (unpaired) electrons. The Hall–Kier alpha value is -2.00. The molecule has 0 aromatic carbocycles. The van der Waals surface area contributed by atoms with Crippen molar-refractivity contribution >= 4 is 17.2 Å². The molecule has 0 unspecified atom stereocenters. The van der Waals surface area contributed by atoms with E-state index in [1.54, 1.807) is 11.3 Å². The monoisotopic (exact) mass is 259 g/mol. The lowest BCUT2D eigenvalue weighted by Crippen LogP contribution is -2.10. The van der Waals surface area contributed by atoms with E-state index in [4.69, 9.17) is 5.26 Å². The Morgan fingerprint density at radius 1 is 1.39 bits per heavy atom. The summed E-state index contributed by atoms with van der Waals surface area (Å²) in [6.45, 7) is 4.42. The third-order valence-electron chi connectivity index (χ3n) is 2.72. The zero-order chi connectivity index (χ0) is 13.0. The summed E-state index contributed by atoms with van der Waals surface area (Å²) in [5, 5.41) is 22.3. The number of thiazole rings is 1. The van der Waals surface area contributed by atoms with Gasteiger partial charge in [-0.25, -0.2) is 4.98 Å². The molecule has 0 amide bonds. The molecule has 2 aromatic rings. The summed E-state index contributed by atoms with van der Waals surface area (Å²) in [6, 6.07) is 2.17. The standard InChI is InChI=1S/C12H13N5S/c1-8-9(2)16-17-12(11(8)5-13)14-4-3-10-6-18-7-15-10/h6-7H,3-4H2,1-2H3,(H,14,17). The van der Waals surface area contributed by atoms with E-state index in [1.807, 2.05) is 24.7 Å². The van der Waals surface area contributed by atoms with Gasteiger partial charge in [0.05, 0.1) is 16.9 Å². The Morgan fingerprint density at radius 3 is 2.89 bits per heavy atom. The molecule has 2 rings (SSSR count). The SMILES string of the molecule is Cc1nnc(NCCc2cscn2)c(C#N)c1C. The van der Waals surface area contributed by atoms with Gasteiger partial charge in [-0.3, -0.25) is 0 Å². The largest absolute Gasteiger partial charge is 0.367 e. The summed E-state index contributed by atoms with van der Waals surface area (Å²) < 4.78 is 0. The van der Waals surface area contributed by atoms with Gasteiger partial charge in [-0.2, -0.15) is 10.4 Å². The summed E-state index contributed by atoms with van der Waals surface area (Å²) >= 11 is 1.58. The third-order valence-corrected chi connectivity index (χ3v) is 3.36. The van der Waals surface area contributed by atoms with Crippen LogP contribution in [0.1, 0.15) is 22.5 Å². The number of nitrogens with zero attached hydrogens (tertiary/aromatic N) is 4. The van der Waals surface area contributed by atoms with Crippen LogP contribution in [-0.4, -0.2) is 21.7 Å². The van der Waals surface area contributed by atoms with Gasteiger partial charge in [0.15, 0.2) is 5.82 Å². The van der Waals surface area contributed by atoms with Crippen LogP contribution < -0.4 is 5.32 Å². The molecular weight excluding hydrogens is 246 g/mol. The number of aromatic nitrogens is 3. The highest BCUT2D eigenvalue weighted by atomic mass is 32.1. The number of anilines is 1. The van der Waals surface area contributed by atoms with Crippen molar-refractivity contribution in [2.45, 2.75) is 20.3 Å². The summed E-state index contributed by atoms with van der Waals surface area (Å²) in [5.41, 5.74) is 5.09. The second-order valence-corrected chi connectivity index (χ2v) is 4.62. The van der Waals surface area contributed by atoms with Crippen LogP contribution in [0.4, 0.5) is 5.82 Å². The number of rotatable bonds is 4. The highest BCUT2D eigenvalue weighted by molar-refractivity contribution is 7.07. The molecule has 0 aliphatic rings. The summed E-state index contributed by atoms with van der Waals surface area (Å²) in [4.78, 5) is 4.20. The Balaban J connectivity index is 2.06. The van der Waals surface area contributed by atoms with Gasteiger partial charge < -0.3 is 5.32 Å². The molecule has 0 bridgehead atoms. The van der Waals surface area contributed by atoms with E-state index < -0.39 is 0 Å². The average Bonchev–Trinajstić information content (AvgIpc) is 2.87. The lowest BCUT2D eigenvalue weighted by atomic mass is 10.1. The van der Waals surface area contributed by atoms with Crippen molar-refractivity contribution in [3.05, 3.63) is 33.4 Å². The molecule has 18 heavy (non-hydrogen) atoms. The van der Waals surface area contributed by atoms with Crippen molar-refractivity contribution in [1.82, 2.24) is 15.2 Å². The second-order valence-electron chi connectivity index (χ2n) is 3.90. The minimum atomic E-state index is 0.552. The van der Waals surface area contributed by atoms with E-state index in [-0.39, 0.29) is 0 Å². The van der Waals surface area contributed by atoms with Crippen LogP contribution in [0.25, 0.3) is 0 Å². The van der Waals surface area contributed by atoms with Crippen LogP contribution in [-0.2, 0) is 6.42 Å². The fourth-order valence-corrected chi connectivity index (χ4v) is 2.13. The van der Waals surface area contributed by atoms with Gasteiger partial charge in [0.25, 0.3) is 0 Å². The molecule has 2 heterocycles. The number of nitrogens with one attached hydrogen (secondary N) is 1. The first kappa shape index (κ1) is 12.5. The van der Waals surface area contributed by atoms with Crippen LogP contribution in [0.5, 0.6) is 0 Å². The summed E-state index contributed by atoms with van der Waals surface area (Å²) in [5.74, 6) is 0.552. The van der Waals surface area contributed by atoms with E-state index in [0.717, 1.165) is 23.4 Å². The average molecular weight is 259 g/mol. The number of hydrogen-bond donors (Lipinski definition) is 1. The molecule has 0 aliphatic heterocycles. The van der Waals surface area contributed by atoms with E-state index in [9.17, 15) is 0 Å². The van der Waals surface area contributed by atoms with Crippen LogP contribution in [0.3, 0.4) is 0 Å². The van der Waals surface area contributed by atoms with Gasteiger partial charge >= 0.3 is 0 Å². The fourth-order valence-electron chi connectivity index (χ4n) is 1.54. The minimum absolute atomic E-state index is 0.552. The van der Waals surface area contributed by atoms with Gasteiger partial charge in [0, 0.05) is 18.3 Å². The lowest BCUT2D eigenvalue weighted by Gasteiger charge is -2.08. The second kappa shape index (κ2) is 5.56. The predicted octanol–water partition coefficient (Wildman–Crippen LogP) is 2.08. The Bertz CT molecular complexity index is 571. The highest BCUT2D eigenvalue weighted by Gasteiger charge is 2.10. The van der Waals surface area contributed by atoms with Crippen LogP contribution >= 0.6 is 11.3 Å². The van der Waals surface area contributed by atoms with Crippen molar-refractivity contribution in [2.75, 3.05) is 11.9 Å². The first-order valence-corrected chi connectivity index (χ1v) is 6.51. The Kier molecular flexibility index (Phi) is 3.85. The maximum absolute atomic E-state index is 9.14. The fraction of sp³-hybridized carbons (Fsp3) is 0.333. The van der Waals surface area contributed by atoms with E-state index >= 15 is 0 Å². The molecule has 0 aliphatic carbocycles. The zero-order valence-electron chi connectivity index (χ0n) is 10.3. The van der Waals surface area contributed by atoms with Gasteiger partial charge in [0.1, 0.15) is 11.6 Å². The Morgan fingerprint density at radius 2 is 2.22 bits per heavy atom. The highest BCUT2D eigenvalue weighted by Crippen LogP contribution is 2.16. The van der Waals surface area contributed by atoms with E-state index in [0.29, 0.717) is 17.9 Å². The first-order chi connectivity index (χ1) is 8.72. The smallest absolute Gasteiger partial charge is 0.166 e. The van der Waals surface area contributed by atoms with Crippen molar-refractivity contribution in [2.24, 2.45) is 0 Å². The van der Waals surface area contributed by atoms with Crippen molar-refractivity contribution in [1.29, 1.82) is 5.26 Å². The maximum Gasteiger partial charge on any atom is 0.166 e. The van der Waals surface area contributed by atoms with Gasteiger partial charge in [-0.15, -0.1) is 16.4 Å².